The zero-order chi connectivity index (χ0) is 13.8. The number of hydrogen-bond acceptors (Lipinski definition) is 3. The molecule has 19 heavy (non-hydrogen) atoms. The van der Waals surface area contributed by atoms with Gasteiger partial charge in [-0.05, 0) is 50.1 Å². The fourth-order valence-corrected chi connectivity index (χ4v) is 3.31. The smallest absolute Gasteiger partial charge is 0.129 e. The van der Waals surface area contributed by atoms with Crippen LogP contribution >= 0.6 is 11.3 Å². The second-order valence-corrected chi connectivity index (χ2v) is 5.75. The van der Waals surface area contributed by atoms with E-state index < -0.39 is 0 Å². The first kappa shape index (κ1) is 14.1. The summed E-state index contributed by atoms with van der Waals surface area (Å²) in [6, 6.07) is 8.96. The summed E-state index contributed by atoms with van der Waals surface area (Å²) >= 11 is 1.75. The van der Waals surface area contributed by atoms with Gasteiger partial charge in [-0.15, -0.1) is 11.3 Å². The lowest BCUT2D eigenvalue weighted by molar-refractivity contribution is 0.416. The molecule has 1 aromatic carbocycles. The van der Waals surface area contributed by atoms with Crippen LogP contribution in [0.4, 0.5) is 0 Å². The van der Waals surface area contributed by atoms with Crippen molar-refractivity contribution in [1.82, 2.24) is 5.32 Å². The van der Waals surface area contributed by atoms with E-state index in [1.165, 1.54) is 21.6 Å². The molecule has 2 aromatic rings. The highest BCUT2D eigenvalue weighted by atomic mass is 32.1. The minimum Gasteiger partial charge on any atom is -0.496 e. The predicted octanol–water partition coefficient (Wildman–Crippen LogP) is 3.88. The molecular formula is C16H21NOS. The first-order valence-electron chi connectivity index (χ1n) is 6.50. The molecule has 0 amide bonds. The van der Waals surface area contributed by atoms with Crippen LogP contribution in [0.15, 0.2) is 29.6 Å². The molecule has 0 spiro atoms. The van der Waals surface area contributed by atoms with E-state index in [-0.39, 0.29) is 0 Å². The zero-order valence-corrected chi connectivity index (χ0v) is 12.8. The number of hydrogen-bond donors (Lipinski definition) is 1. The highest BCUT2D eigenvalue weighted by Gasteiger charge is 2.15. The van der Waals surface area contributed by atoms with Crippen molar-refractivity contribution >= 4 is 11.3 Å². The van der Waals surface area contributed by atoms with Crippen LogP contribution in [0.3, 0.4) is 0 Å². The van der Waals surface area contributed by atoms with Gasteiger partial charge in [0.1, 0.15) is 5.75 Å². The Kier molecular flexibility index (Phi) is 4.61. The Hall–Kier alpha value is -1.32. The number of methoxy groups -OCH3 is 1. The summed E-state index contributed by atoms with van der Waals surface area (Å²) in [7, 11) is 3.73. The van der Waals surface area contributed by atoms with Crippen LogP contribution in [0.25, 0.3) is 0 Å². The molecule has 0 aliphatic rings. The maximum Gasteiger partial charge on any atom is 0.129 e. The second kappa shape index (κ2) is 6.22. The number of likely N-dealkylation sites (N-methyl/N-ethyl adjacent to an activating group) is 1. The van der Waals surface area contributed by atoms with Crippen molar-refractivity contribution < 1.29 is 4.74 Å². The molecule has 0 aliphatic carbocycles. The molecular weight excluding hydrogens is 254 g/mol. The molecule has 1 heterocycles. The maximum atomic E-state index is 5.27. The van der Waals surface area contributed by atoms with Crippen LogP contribution in [0.2, 0.25) is 0 Å². The molecule has 1 atom stereocenters. The molecule has 3 heteroatoms. The van der Waals surface area contributed by atoms with Crippen molar-refractivity contribution in [2.24, 2.45) is 0 Å². The molecule has 0 aliphatic heterocycles. The normalized spacial score (nSPS) is 12.4. The van der Waals surface area contributed by atoms with Gasteiger partial charge in [-0.1, -0.05) is 18.2 Å². The number of aryl methyl sites for hydroxylation is 2. The van der Waals surface area contributed by atoms with E-state index in [0.29, 0.717) is 6.04 Å². The molecule has 0 radical (unpaired) electrons. The number of nitrogens with one attached hydrogen (secondary N) is 1. The number of rotatable bonds is 5. The summed E-state index contributed by atoms with van der Waals surface area (Å²) in [5, 5.41) is 5.47. The highest BCUT2D eigenvalue weighted by molar-refractivity contribution is 7.10. The molecule has 0 fully saturated rings. The summed E-state index contributed by atoms with van der Waals surface area (Å²) in [6.45, 7) is 4.37. The Morgan fingerprint density at radius 3 is 2.47 bits per heavy atom. The number of benzene rings is 1. The first-order chi connectivity index (χ1) is 9.15. The third kappa shape index (κ3) is 3.17. The van der Waals surface area contributed by atoms with Gasteiger partial charge in [0.2, 0.25) is 0 Å². The molecule has 1 unspecified atom stereocenters. The van der Waals surface area contributed by atoms with Gasteiger partial charge in [0.05, 0.1) is 7.11 Å². The third-order valence-electron chi connectivity index (χ3n) is 3.58. The molecule has 2 rings (SSSR count). The number of thiophene rings is 1. The van der Waals surface area contributed by atoms with Gasteiger partial charge in [-0.25, -0.2) is 0 Å². The number of ether oxygens (including phenoxy) is 1. The van der Waals surface area contributed by atoms with Crippen LogP contribution in [-0.4, -0.2) is 14.2 Å². The van der Waals surface area contributed by atoms with Gasteiger partial charge in [0.15, 0.2) is 0 Å². The molecule has 1 aromatic heterocycles. The van der Waals surface area contributed by atoms with E-state index in [2.05, 4.69) is 48.8 Å². The largest absolute Gasteiger partial charge is 0.496 e. The summed E-state index contributed by atoms with van der Waals surface area (Å²) in [5.41, 5.74) is 4.17. The van der Waals surface area contributed by atoms with Gasteiger partial charge in [0.25, 0.3) is 0 Å². The summed E-state index contributed by atoms with van der Waals surface area (Å²) in [5.74, 6) is 0.946. The molecule has 0 saturated carbocycles. The molecule has 102 valence electrons. The van der Waals surface area contributed by atoms with Crippen LogP contribution in [0.5, 0.6) is 5.75 Å². The Balaban J connectivity index is 2.24. The molecule has 2 nitrogen and oxygen atoms in total. The fourth-order valence-electron chi connectivity index (χ4n) is 2.34. The van der Waals surface area contributed by atoms with Crippen molar-refractivity contribution in [3.63, 3.8) is 0 Å². The van der Waals surface area contributed by atoms with Crippen molar-refractivity contribution in [3.05, 3.63) is 51.2 Å². The van der Waals surface area contributed by atoms with Gasteiger partial charge >= 0.3 is 0 Å². The van der Waals surface area contributed by atoms with E-state index in [1.54, 1.807) is 18.4 Å². The van der Waals surface area contributed by atoms with Gasteiger partial charge in [-0.2, -0.15) is 0 Å². The quantitative estimate of drug-likeness (QED) is 0.894. The van der Waals surface area contributed by atoms with E-state index in [1.807, 2.05) is 7.05 Å². The summed E-state index contributed by atoms with van der Waals surface area (Å²) < 4.78 is 5.27. The predicted molar refractivity (Wildman–Crippen MR) is 82.3 cm³/mol. The monoisotopic (exact) mass is 275 g/mol. The van der Waals surface area contributed by atoms with Gasteiger partial charge < -0.3 is 10.1 Å². The molecule has 0 saturated heterocycles. The average molecular weight is 275 g/mol. The third-order valence-corrected chi connectivity index (χ3v) is 4.60. The minimum absolute atomic E-state index is 0.341. The first-order valence-corrected chi connectivity index (χ1v) is 7.38. The zero-order valence-electron chi connectivity index (χ0n) is 12.0. The standard InChI is InChI=1S/C16H21NOS/c1-11-6-5-7-12(2)14(11)9-15(17-3)16-8-13(18-4)10-19-16/h5-8,10,15,17H,9H2,1-4H3. The van der Waals surface area contributed by atoms with Crippen LogP contribution < -0.4 is 10.1 Å². The Bertz CT molecular complexity index is 527. The lowest BCUT2D eigenvalue weighted by Crippen LogP contribution is -2.18. The van der Waals surface area contributed by atoms with Gasteiger partial charge in [0, 0.05) is 16.3 Å². The Morgan fingerprint density at radius 2 is 1.95 bits per heavy atom. The van der Waals surface area contributed by atoms with Crippen molar-refractivity contribution in [1.29, 1.82) is 0 Å². The molecule has 1 N–H and O–H groups in total. The Labute approximate surface area is 119 Å². The summed E-state index contributed by atoms with van der Waals surface area (Å²) in [6.07, 6.45) is 1.01. The van der Waals surface area contributed by atoms with E-state index >= 15 is 0 Å². The van der Waals surface area contributed by atoms with Crippen LogP contribution in [-0.2, 0) is 6.42 Å². The average Bonchev–Trinajstić information content (AvgIpc) is 2.87. The van der Waals surface area contributed by atoms with Crippen LogP contribution in [0.1, 0.15) is 27.6 Å². The fraction of sp³-hybridized carbons (Fsp3) is 0.375. The van der Waals surface area contributed by atoms with E-state index in [0.717, 1.165) is 12.2 Å². The SMILES string of the molecule is CNC(Cc1c(C)cccc1C)c1cc(OC)cs1. The van der Waals surface area contributed by atoms with E-state index in [4.69, 9.17) is 4.74 Å². The van der Waals surface area contributed by atoms with E-state index in [9.17, 15) is 0 Å². The minimum atomic E-state index is 0.341. The summed E-state index contributed by atoms with van der Waals surface area (Å²) in [4.78, 5) is 1.32. The lowest BCUT2D eigenvalue weighted by atomic mass is 9.96. The topological polar surface area (TPSA) is 21.3 Å². The highest BCUT2D eigenvalue weighted by Crippen LogP contribution is 2.30. The maximum absolute atomic E-state index is 5.27. The molecule has 0 bridgehead atoms. The van der Waals surface area contributed by atoms with Crippen molar-refractivity contribution in [2.75, 3.05) is 14.2 Å². The second-order valence-electron chi connectivity index (χ2n) is 4.80. The van der Waals surface area contributed by atoms with Crippen molar-refractivity contribution in [2.45, 2.75) is 26.3 Å². The Morgan fingerprint density at radius 1 is 1.26 bits per heavy atom. The lowest BCUT2D eigenvalue weighted by Gasteiger charge is -2.17. The van der Waals surface area contributed by atoms with Gasteiger partial charge in [-0.3, -0.25) is 0 Å². The van der Waals surface area contributed by atoms with Crippen molar-refractivity contribution in [3.8, 4) is 5.75 Å². The van der Waals surface area contributed by atoms with Crippen LogP contribution in [0, 0.1) is 13.8 Å².